The maximum Gasteiger partial charge on any atom is 0.231 e. The maximum absolute atomic E-state index is 5.63. The molecule has 0 unspecified atom stereocenters. The van der Waals surface area contributed by atoms with Crippen molar-refractivity contribution in [1.82, 2.24) is 0 Å². The van der Waals surface area contributed by atoms with E-state index in [1.165, 1.54) is 0 Å². The lowest BCUT2D eigenvalue weighted by Gasteiger charge is -2.08. The number of unbranched alkanes of at least 4 members (excludes halogenated alkanes) is 1. The van der Waals surface area contributed by atoms with Crippen molar-refractivity contribution in [2.24, 2.45) is 0 Å². The monoisotopic (exact) mass is 266 g/mol. The highest BCUT2D eigenvalue weighted by Gasteiger charge is 2.12. The Morgan fingerprint density at radius 1 is 1.11 bits per heavy atom. The van der Waals surface area contributed by atoms with Crippen LogP contribution in [0.25, 0.3) is 0 Å². The molecule has 0 aromatic heterocycles. The molecule has 19 heavy (non-hydrogen) atoms. The van der Waals surface area contributed by atoms with E-state index in [1.807, 2.05) is 18.2 Å². The van der Waals surface area contributed by atoms with Crippen molar-refractivity contribution in [3.05, 3.63) is 23.8 Å². The average molecular weight is 266 g/mol. The number of hydrogen-bond acceptors (Lipinski definition) is 4. The Morgan fingerprint density at radius 3 is 2.74 bits per heavy atom. The van der Waals surface area contributed by atoms with Gasteiger partial charge in [0.2, 0.25) is 6.79 Å². The number of benzene rings is 1. The van der Waals surface area contributed by atoms with Crippen LogP contribution in [0.2, 0.25) is 0 Å². The highest BCUT2D eigenvalue weighted by molar-refractivity contribution is 5.44. The smallest absolute Gasteiger partial charge is 0.231 e. The van der Waals surface area contributed by atoms with Crippen molar-refractivity contribution in [2.75, 3.05) is 20.0 Å². The third kappa shape index (κ3) is 4.73. The van der Waals surface area contributed by atoms with Crippen molar-refractivity contribution in [3.63, 3.8) is 0 Å². The average Bonchev–Trinajstić information content (AvgIpc) is 2.84. The first-order valence-corrected chi connectivity index (χ1v) is 6.83. The normalized spacial score (nSPS) is 13.2. The minimum absolute atomic E-state index is 0.314. The molecule has 0 saturated heterocycles. The third-order valence-corrected chi connectivity index (χ3v) is 2.84. The lowest BCUT2D eigenvalue weighted by molar-refractivity contribution is 0.0643. The Balaban J connectivity index is 1.58. The molecule has 4 heteroatoms. The van der Waals surface area contributed by atoms with Gasteiger partial charge in [0.25, 0.3) is 0 Å². The molecule has 0 bridgehead atoms. The van der Waals surface area contributed by atoms with E-state index in [4.69, 9.17) is 18.9 Å². The first kappa shape index (κ1) is 14.2. The van der Waals surface area contributed by atoms with Gasteiger partial charge in [-0.05, 0) is 44.4 Å². The van der Waals surface area contributed by atoms with Crippen LogP contribution in [0.4, 0.5) is 0 Å². The van der Waals surface area contributed by atoms with Crippen molar-refractivity contribution < 1.29 is 18.9 Å². The van der Waals surface area contributed by atoms with Gasteiger partial charge in [-0.1, -0.05) is 6.07 Å². The molecule has 0 aliphatic carbocycles. The van der Waals surface area contributed by atoms with Crippen molar-refractivity contribution in [1.29, 1.82) is 0 Å². The molecule has 4 nitrogen and oxygen atoms in total. The van der Waals surface area contributed by atoms with Crippen molar-refractivity contribution in [3.8, 4) is 11.5 Å². The van der Waals surface area contributed by atoms with Crippen LogP contribution in [0.15, 0.2) is 18.2 Å². The fourth-order valence-electron chi connectivity index (χ4n) is 1.85. The van der Waals surface area contributed by atoms with Crippen LogP contribution >= 0.6 is 0 Å². The van der Waals surface area contributed by atoms with E-state index < -0.39 is 0 Å². The first-order chi connectivity index (χ1) is 9.25. The van der Waals surface area contributed by atoms with E-state index in [9.17, 15) is 0 Å². The molecule has 1 aromatic carbocycles. The third-order valence-electron chi connectivity index (χ3n) is 2.84. The fourth-order valence-corrected chi connectivity index (χ4v) is 1.85. The Kier molecular flexibility index (Phi) is 5.48. The van der Waals surface area contributed by atoms with Gasteiger partial charge in [-0.15, -0.1) is 0 Å². The van der Waals surface area contributed by atoms with Gasteiger partial charge in [0, 0.05) is 13.2 Å². The van der Waals surface area contributed by atoms with Gasteiger partial charge >= 0.3 is 0 Å². The Morgan fingerprint density at radius 2 is 1.89 bits per heavy atom. The highest BCUT2D eigenvalue weighted by atomic mass is 16.7. The van der Waals surface area contributed by atoms with Crippen LogP contribution in [0.3, 0.4) is 0 Å². The molecule has 0 amide bonds. The topological polar surface area (TPSA) is 36.9 Å². The van der Waals surface area contributed by atoms with Crippen molar-refractivity contribution >= 4 is 0 Å². The Labute approximate surface area is 114 Å². The van der Waals surface area contributed by atoms with Gasteiger partial charge in [0.1, 0.15) is 0 Å². The van der Waals surface area contributed by atoms with Gasteiger partial charge in [-0.3, -0.25) is 0 Å². The standard InChI is InChI=1S/C15H22O4/c1-12(2)17-8-4-3-7-16-10-13-5-6-14-15(9-13)19-11-18-14/h5-6,9,12H,3-4,7-8,10-11H2,1-2H3. The Bertz CT molecular complexity index is 390. The summed E-state index contributed by atoms with van der Waals surface area (Å²) in [5, 5.41) is 0. The molecule has 1 aliphatic rings. The van der Waals surface area contributed by atoms with Crippen LogP contribution in [0.1, 0.15) is 32.3 Å². The Hall–Kier alpha value is -1.26. The maximum atomic E-state index is 5.63. The van der Waals surface area contributed by atoms with Gasteiger partial charge in [0.05, 0.1) is 12.7 Å². The molecule has 0 atom stereocenters. The summed E-state index contributed by atoms with van der Waals surface area (Å²) in [6.45, 7) is 6.60. The van der Waals surface area contributed by atoms with E-state index in [1.54, 1.807) is 0 Å². The van der Waals surface area contributed by atoms with E-state index in [2.05, 4.69) is 13.8 Å². The summed E-state index contributed by atoms with van der Waals surface area (Å²) in [6, 6.07) is 5.91. The van der Waals surface area contributed by atoms with E-state index in [-0.39, 0.29) is 0 Å². The lowest BCUT2D eigenvalue weighted by atomic mass is 10.2. The summed E-state index contributed by atoms with van der Waals surface area (Å²) in [5.74, 6) is 1.63. The summed E-state index contributed by atoms with van der Waals surface area (Å²) in [7, 11) is 0. The van der Waals surface area contributed by atoms with Gasteiger partial charge in [-0.2, -0.15) is 0 Å². The summed E-state index contributed by atoms with van der Waals surface area (Å²) >= 11 is 0. The SMILES string of the molecule is CC(C)OCCCCOCc1ccc2c(c1)OCO2. The second kappa shape index (κ2) is 7.36. The largest absolute Gasteiger partial charge is 0.454 e. The first-order valence-electron chi connectivity index (χ1n) is 6.83. The van der Waals surface area contributed by atoms with Gasteiger partial charge < -0.3 is 18.9 Å². The second-order valence-electron chi connectivity index (χ2n) is 4.87. The molecule has 1 heterocycles. The molecule has 0 fully saturated rings. The number of fused-ring (bicyclic) bond motifs is 1. The van der Waals surface area contributed by atoms with E-state index >= 15 is 0 Å². The molecule has 2 rings (SSSR count). The highest BCUT2D eigenvalue weighted by Crippen LogP contribution is 2.32. The predicted molar refractivity (Wildman–Crippen MR) is 72.5 cm³/mol. The van der Waals surface area contributed by atoms with Crippen LogP contribution < -0.4 is 9.47 Å². The van der Waals surface area contributed by atoms with Gasteiger partial charge in [-0.25, -0.2) is 0 Å². The molecular formula is C15H22O4. The quantitative estimate of drug-likeness (QED) is 0.677. The number of hydrogen-bond donors (Lipinski definition) is 0. The summed E-state index contributed by atoms with van der Waals surface area (Å²) in [5.41, 5.74) is 1.11. The molecule has 0 radical (unpaired) electrons. The zero-order valence-electron chi connectivity index (χ0n) is 11.7. The molecule has 0 spiro atoms. The van der Waals surface area contributed by atoms with E-state index in [0.29, 0.717) is 19.5 Å². The van der Waals surface area contributed by atoms with Crippen LogP contribution in [0.5, 0.6) is 11.5 Å². The summed E-state index contributed by atoms with van der Waals surface area (Å²) in [6.07, 6.45) is 2.38. The predicted octanol–water partition coefficient (Wildman–Crippen LogP) is 3.14. The fraction of sp³-hybridized carbons (Fsp3) is 0.600. The van der Waals surface area contributed by atoms with Crippen LogP contribution in [-0.2, 0) is 16.1 Å². The number of ether oxygens (including phenoxy) is 4. The van der Waals surface area contributed by atoms with Crippen LogP contribution in [0, 0.1) is 0 Å². The second-order valence-corrected chi connectivity index (χ2v) is 4.87. The molecule has 0 saturated carbocycles. The van der Waals surface area contributed by atoms with Crippen molar-refractivity contribution in [2.45, 2.75) is 39.4 Å². The number of rotatable bonds is 8. The lowest BCUT2D eigenvalue weighted by Crippen LogP contribution is -2.05. The zero-order valence-corrected chi connectivity index (χ0v) is 11.7. The molecule has 0 N–H and O–H groups in total. The summed E-state index contributed by atoms with van der Waals surface area (Å²) < 4.78 is 21.7. The summed E-state index contributed by atoms with van der Waals surface area (Å²) in [4.78, 5) is 0. The molecule has 106 valence electrons. The minimum Gasteiger partial charge on any atom is -0.454 e. The molecule has 1 aliphatic heterocycles. The zero-order chi connectivity index (χ0) is 13.5. The van der Waals surface area contributed by atoms with Gasteiger partial charge in [0.15, 0.2) is 11.5 Å². The molecular weight excluding hydrogens is 244 g/mol. The molecule has 1 aromatic rings. The van der Waals surface area contributed by atoms with Crippen LogP contribution in [-0.4, -0.2) is 26.1 Å². The van der Waals surface area contributed by atoms with E-state index in [0.717, 1.165) is 43.1 Å². The minimum atomic E-state index is 0.314.